The average molecular weight is 214 g/mol. The zero-order chi connectivity index (χ0) is 10.8. The number of hydrogen-bond acceptors (Lipinski definition) is 4. The molecule has 0 saturated heterocycles. The molecule has 1 aromatic rings. The standard InChI is InChI=1S/C10H18N2OS/c1-10(2,3)9(12-11)8-5-7(13-4)6-14-8/h5-6,9,12H,11H2,1-4H3. The van der Waals surface area contributed by atoms with Gasteiger partial charge in [0.25, 0.3) is 0 Å². The number of rotatable bonds is 3. The van der Waals surface area contributed by atoms with Crippen molar-refractivity contribution >= 4 is 11.3 Å². The Bertz CT molecular complexity index is 291. The molecule has 0 aliphatic heterocycles. The number of nitrogens with two attached hydrogens (primary N) is 1. The molecule has 4 heteroatoms. The maximum absolute atomic E-state index is 5.56. The Labute approximate surface area is 89.2 Å². The van der Waals surface area contributed by atoms with Crippen LogP contribution in [0.2, 0.25) is 0 Å². The van der Waals surface area contributed by atoms with E-state index in [2.05, 4.69) is 26.2 Å². The summed E-state index contributed by atoms with van der Waals surface area (Å²) in [5.74, 6) is 6.46. The molecule has 3 nitrogen and oxygen atoms in total. The molecule has 3 N–H and O–H groups in total. The highest BCUT2D eigenvalue weighted by molar-refractivity contribution is 7.10. The maximum Gasteiger partial charge on any atom is 0.129 e. The quantitative estimate of drug-likeness (QED) is 0.599. The summed E-state index contributed by atoms with van der Waals surface area (Å²) >= 11 is 1.67. The zero-order valence-electron chi connectivity index (χ0n) is 9.13. The second-order valence-corrected chi connectivity index (χ2v) is 5.30. The Hall–Kier alpha value is -0.580. The summed E-state index contributed by atoms with van der Waals surface area (Å²) in [7, 11) is 1.67. The molecule has 1 aromatic heterocycles. The number of hydrogen-bond donors (Lipinski definition) is 2. The summed E-state index contributed by atoms with van der Waals surface area (Å²) < 4.78 is 5.14. The number of nitrogens with one attached hydrogen (secondary N) is 1. The fourth-order valence-electron chi connectivity index (χ4n) is 1.35. The van der Waals surface area contributed by atoms with Gasteiger partial charge in [-0.2, -0.15) is 0 Å². The van der Waals surface area contributed by atoms with Crippen LogP contribution in [0.1, 0.15) is 31.7 Å². The van der Waals surface area contributed by atoms with E-state index in [0.29, 0.717) is 0 Å². The Morgan fingerprint density at radius 2 is 2.14 bits per heavy atom. The number of ether oxygens (including phenoxy) is 1. The molecule has 14 heavy (non-hydrogen) atoms. The van der Waals surface area contributed by atoms with Gasteiger partial charge in [0.05, 0.1) is 13.2 Å². The van der Waals surface area contributed by atoms with Gasteiger partial charge in [-0.25, -0.2) is 0 Å². The minimum Gasteiger partial charge on any atom is -0.496 e. The van der Waals surface area contributed by atoms with Crippen molar-refractivity contribution in [3.05, 3.63) is 16.3 Å². The molecule has 0 spiro atoms. The topological polar surface area (TPSA) is 47.3 Å². The van der Waals surface area contributed by atoms with Gasteiger partial charge in [-0.1, -0.05) is 20.8 Å². The molecule has 80 valence electrons. The Morgan fingerprint density at radius 1 is 1.50 bits per heavy atom. The van der Waals surface area contributed by atoms with Gasteiger partial charge in [-0.05, 0) is 11.5 Å². The van der Waals surface area contributed by atoms with Crippen LogP contribution in [0.3, 0.4) is 0 Å². The van der Waals surface area contributed by atoms with Crippen LogP contribution in [0.15, 0.2) is 11.4 Å². The van der Waals surface area contributed by atoms with Crippen molar-refractivity contribution in [3.8, 4) is 5.75 Å². The van der Waals surface area contributed by atoms with Gasteiger partial charge in [0.1, 0.15) is 5.75 Å². The molecule has 1 unspecified atom stereocenters. The summed E-state index contributed by atoms with van der Waals surface area (Å²) in [6, 6.07) is 2.19. The van der Waals surface area contributed by atoms with Gasteiger partial charge in [0.2, 0.25) is 0 Å². The molecule has 0 fully saturated rings. The predicted octanol–water partition coefficient (Wildman–Crippen LogP) is 2.31. The number of hydrazine groups is 1. The highest BCUT2D eigenvalue weighted by atomic mass is 32.1. The average Bonchev–Trinajstić information content (AvgIpc) is 2.51. The lowest BCUT2D eigenvalue weighted by Gasteiger charge is -2.28. The first-order valence-corrected chi connectivity index (χ1v) is 5.45. The molecule has 0 radical (unpaired) electrons. The lowest BCUT2D eigenvalue weighted by Crippen LogP contribution is -2.36. The second-order valence-electron chi connectivity index (χ2n) is 4.35. The van der Waals surface area contributed by atoms with E-state index in [4.69, 9.17) is 10.6 Å². The van der Waals surface area contributed by atoms with Crippen molar-refractivity contribution in [1.29, 1.82) is 0 Å². The molecular weight excluding hydrogens is 196 g/mol. The first-order chi connectivity index (χ1) is 6.49. The first kappa shape index (κ1) is 11.5. The zero-order valence-corrected chi connectivity index (χ0v) is 9.94. The summed E-state index contributed by atoms with van der Waals surface area (Å²) in [6.07, 6.45) is 0. The van der Waals surface area contributed by atoms with Crippen LogP contribution in [0.5, 0.6) is 5.75 Å². The van der Waals surface area contributed by atoms with Crippen molar-refractivity contribution in [3.63, 3.8) is 0 Å². The van der Waals surface area contributed by atoms with E-state index < -0.39 is 0 Å². The molecule has 0 saturated carbocycles. The second kappa shape index (κ2) is 4.29. The Morgan fingerprint density at radius 3 is 2.50 bits per heavy atom. The van der Waals surface area contributed by atoms with Crippen molar-refractivity contribution in [1.82, 2.24) is 5.43 Å². The highest BCUT2D eigenvalue weighted by Crippen LogP contribution is 2.36. The normalized spacial score (nSPS) is 14.1. The Kier molecular flexibility index (Phi) is 3.53. The molecule has 0 aliphatic rings. The molecule has 0 amide bonds. The van der Waals surface area contributed by atoms with Crippen molar-refractivity contribution in [2.75, 3.05) is 7.11 Å². The van der Waals surface area contributed by atoms with Gasteiger partial charge < -0.3 is 4.74 Å². The first-order valence-electron chi connectivity index (χ1n) is 4.57. The largest absolute Gasteiger partial charge is 0.496 e. The highest BCUT2D eigenvalue weighted by Gasteiger charge is 2.26. The molecule has 1 rings (SSSR count). The van der Waals surface area contributed by atoms with Crippen molar-refractivity contribution in [2.45, 2.75) is 26.8 Å². The molecule has 0 bridgehead atoms. The van der Waals surface area contributed by atoms with E-state index >= 15 is 0 Å². The van der Waals surface area contributed by atoms with Crippen LogP contribution in [-0.2, 0) is 0 Å². The van der Waals surface area contributed by atoms with Crippen LogP contribution >= 0.6 is 11.3 Å². The van der Waals surface area contributed by atoms with Crippen LogP contribution in [-0.4, -0.2) is 7.11 Å². The van der Waals surface area contributed by atoms with E-state index in [9.17, 15) is 0 Å². The lowest BCUT2D eigenvalue weighted by atomic mass is 9.86. The van der Waals surface area contributed by atoms with E-state index in [0.717, 1.165) is 5.75 Å². The monoisotopic (exact) mass is 214 g/mol. The summed E-state index contributed by atoms with van der Waals surface area (Å²) in [4.78, 5) is 1.21. The van der Waals surface area contributed by atoms with Crippen molar-refractivity contribution < 1.29 is 4.74 Å². The fraction of sp³-hybridized carbons (Fsp3) is 0.600. The van der Waals surface area contributed by atoms with Gasteiger partial charge >= 0.3 is 0 Å². The maximum atomic E-state index is 5.56. The smallest absolute Gasteiger partial charge is 0.129 e. The van der Waals surface area contributed by atoms with Gasteiger partial charge in [-0.3, -0.25) is 11.3 Å². The molecular formula is C10H18N2OS. The summed E-state index contributed by atoms with van der Waals surface area (Å²) in [5, 5.41) is 1.99. The number of thiophene rings is 1. The third-order valence-electron chi connectivity index (χ3n) is 2.15. The third-order valence-corrected chi connectivity index (χ3v) is 3.12. The minimum atomic E-state index is 0.102. The van der Waals surface area contributed by atoms with E-state index in [-0.39, 0.29) is 11.5 Å². The molecule has 1 heterocycles. The van der Waals surface area contributed by atoms with E-state index in [1.54, 1.807) is 18.4 Å². The van der Waals surface area contributed by atoms with Gasteiger partial charge in [-0.15, -0.1) is 11.3 Å². The van der Waals surface area contributed by atoms with Crippen LogP contribution in [0.25, 0.3) is 0 Å². The Balaban J connectivity index is 2.90. The molecule has 0 aromatic carbocycles. The lowest BCUT2D eigenvalue weighted by molar-refractivity contribution is 0.279. The fourth-order valence-corrected chi connectivity index (χ4v) is 2.51. The van der Waals surface area contributed by atoms with E-state index in [1.807, 2.05) is 11.4 Å². The van der Waals surface area contributed by atoms with Gasteiger partial charge in [0, 0.05) is 10.3 Å². The van der Waals surface area contributed by atoms with Crippen LogP contribution in [0.4, 0.5) is 0 Å². The minimum absolute atomic E-state index is 0.102. The predicted molar refractivity (Wildman–Crippen MR) is 60.4 cm³/mol. The van der Waals surface area contributed by atoms with Crippen LogP contribution in [0, 0.1) is 5.41 Å². The van der Waals surface area contributed by atoms with Crippen molar-refractivity contribution in [2.24, 2.45) is 11.3 Å². The SMILES string of the molecule is COc1csc(C(NN)C(C)(C)C)c1. The molecule has 0 aliphatic carbocycles. The summed E-state index contributed by atoms with van der Waals surface area (Å²) in [5.41, 5.74) is 2.95. The van der Waals surface area contributed by atoms with Gasteiger partial charge in [0.15, 0.2) is 0 Å². The van der Waals surface area contributed by atoms with E-state index in [1.165, 1.54) is 4.88 Å². The third kappa shape index (κ3) is 2.47. The van der Waals surface area contributed by atoms with Crippen LogP contribution < -0.4 is 16.0 Å². The summed E-state index contributed by atoms with van der Waals surface area (Å²) in [6.45, 7) is 6.47. The number of methoxy groups -OCH3 is 1. The molecule has 1 atom stereocenters.